The molecule has 1 atom stereocenters. The Bertz CT molecular complexity index is 447. The van der Waals surface area contributed by atoms with Gasteiger partial charge in [0.25, 0.3) is 0 Å². The van der Waals surface area contributed by atoms with Crippen LogP contribution in [0.1, 0.15) is 24.8 Å². The third-order valence-corrected chi connectivity index (χ3v) is 3.35. The van der Waals surface area contributed by atoms with Crippen molar-refractivity contribution in [2.75, 3.05) is 30.8 Å². The number of rotatable bonds is 3. The summed E-state index contributed by atoms with van der Waals surface area (Å²) in [7, 11) is 2.03. The molecule has 0 aromatic heterocycles. The normalized spacial score (nSPS) is 19.2. The number of benzene rings is 1. The van der Waals surface area contributed by atoms with Gasteiger partial charge in [0.1, 0.15) is 6.07 Å². The highest BCUT2D eigenvalue weighted by atomic mass is 16.5. The molecule has 4 nitrogen and oxygen atoms in total. The fourth-order valence-corrected chi connectivity index (χ4v) is 2.25. The maximum Gasteiger partial charge on any atom is 0.101 e. The second kappa shape index (κ2) is 5.74. The predicted octanol–water partition coefficient (Wildman–Crippen LogP) is 2.15. The van der Waals surface area contributed by atoms with Gasteiger partial charge in [-0.25, -0.2) is 0 Å². The Kier molecular flexibility index (Phi) is 4.06. The summed E-state index contributed by atoms with van der Waals surface area (Å²) in [5.74, 6) is 0. The van der Waals surface area contributed by atoms with E-state index in [1.54, 1.807) is 6.07 Å². The van der Waals surface area contributed by atoms with Crippen LogP contribution in [0.5, 0.6) is 0 Å². The fraction of sp³-hybridized carbons (Fsp3) is 0.500. The van der Waals surface area contributed by atoms with Gasteiger partial charge in [-0.3, -0.25) is 0 Å². The number of hydrogen-bond acceptors (Lipinski definition) is 4. The molecule has 1 heterocycles. The molecule has 1 aromatic carbocycles. The highest BCUT2D eigenvalue weighted by molar-refractivity contribution is 5.63. The maximum atomic E-state index is 8.85. The van der Waals surface area contributed by atoms with Crippen molar-refractivity contribution in [3.05, 3.63) is 23.8 Å². The molecular formula is C14H19N3O. The molecule has 0 radical (unpaired) electrons. The number of ether oxygens (including phenoxy) is 1. The van der Waals surface area contributed by atoms with Crippen molar-refractivity contribution < 1.29 is 4.74 Å². The van der Waals surface area contributed by atoms with Crippen LogP contribution in [0.15, 0.2) is 18.2 Å². The molecule has 0 bridgehead atoms. The van der Waals surface area contributed by atoms with Crippen LogP contribution in [0.3, 0.4) is 0 Å². The van der Waals surface area contributed by atoms with Gasteiger partial charge < -0.3 is 15.4 Å². The fourth-order valence-electron chi connectivity index (χ4n) is 2.25. The molecule has 1 aliphatic heterocycles. The van der Waals surface area contributed by atoms with Crippen LogP contribution in [-0.4, -0.2) is 26.3 Å². The summed E-state index contributed by atoms with van der Waals surface area (Å²) in [4.78, 5) is 2.13. The minimum atomic E-state index is 0.306. The summed E-state index contributed by atoms with van der Waals surface area (Å²) in [6, 6.07) is 7.62. The highest BCUT2D eigenvalue weighted by Gasteiger charge is 2.16. The zero-order chi connectivity index (χ0) is 13.0. The van der Waals surface area contributed by atoms with E-state index in [-0.39, 0.29) is 0 Å². The van der Waals surface area contributed by atoms with Crippen molar-refractivity contribution in [3.8, 4) is 6.07 Å². The lowest BCUT2D eigenvalue weighted by molar-refractivity contribution is 0.0216. The standard InChI is InChI=1S/C14H19N3O/c1-17(10-13-4-2-3-7-18-13)12-6-5-11(9-15)14(16)8-12/h5-6,8,13H,2-4,7,10,16H2,1H3. The molecule has 2 rings (SSSR count). The topological polar surface area (TPSA) is 62.3 Å². The molecule has 1 fully saturated rings. The first-order valence-electron chi connectivity index (χ1n) is 6.33. The van der Waals surface area contributed by atoms with Crippen LogP contribution in [-0.2, 0) is 4.74 Å². The Morgan fingerprint density at radius 1 is 1.50 bits per heavy atom. The van der Waals surface area contributed by atoms with E-state index in [4.69, 9.17) is 15.7 Å². The Balaban J connectivity index is 2.02. The van der Waals surface area contributed by atoms with Gasteiger partial charge in [-0.05, 0) is 37.5 Å². The Hall–Kier alpha value is -1.73. The Morgan fingerprint density at radius 2 is 2.33 bits per heavy atom. The van der Waals surface area contributed by atoms with Gasteiger partial charge in [0.2, 0.25) is 0 Å². The quantitative estimate of drug-likeness (QED) is 0.829. The predicted molar refractivity (Wildman–Crippen MR) is 72.4 cm³/mol. The van der Waals surface area contributed by atoms with Crippen molar-refractivity contribution in [2.24, 2.45) is 0 Å². The summed E-state index contributed by atoms with van der Waals surface area (Å²) in [5.41, 5.74) is 7.91. The van der Waals surface area contributed by atoms with Crippen molar-refractivity contribution in [1.82, 2.24) is 0 Å². The monoisotopic (exact) mass is 245 g/mol. The Morgan fingerprint density at radius 3 is 2.94 bits per heavy atom. The maximum absolute atomic E-state index is 8.85. The lowest BCUT2D eigenvalue weighted by Crippen LogP contribution is -2.33. The number of nitrogen functional groups attached to an aromatic ring is 1. The van der Waals surface area contributed by atoms with Crippen LogP contribution in [0.4, 0.5) is 11.4 Å². The largest absolute Gasteiger partial charge is 0.398 e. The lowest BCUT2D eigenvalue weighted by Gasteiger charge is -2.28. The Labute approximate surface area is 108 Å². The first kappa shape index (κ1) is 12.7. The molecule has 18 heavy (non-hydrogen) atoms. The van der Waals surface area contributed by atoms with Gasteiger partial charge in [0.15, 0.2) is 0 Å². The van der Waals surface area contributed by atoms with Crippen molar-refractivity contribution in [2.45, 2.75) is 25.4 Å². The van der Waals surface area contributed by atoms with E-state index in [1.807, 2.05) is 19.2 Å². The van der Waals surface area contributed by atoms with Crippen LogP contribution < -0.4 is 10.6 Å². The van der Waals surface area contributed by atoms with Gasteiger partial charge in [0.05, 0.1) is 17.4 Å². The smallest absolute Gasteiger partial charge is 0.101 e. The first-order chi connectivity index (χ1) is 8.70. The van der Waals surface area contributed by atoms with Crippen molar-refractivity contribution >= 4 is 11.4 Å². The highest BCUT2D eigenvalue weighted by Crippen LogP contribution is 2.22. The van der Waals surface area contributed by atoms with E-state index in [0.29, 0.717) is 17.4 Å². The second-order valence-electron chi connectivity index (χ2n) is 4.75. The summed E-state index contributed by atoms with van der Waals surface area (Å²) in [6.45, 7) is 1.74. The SMILES string of the molecule is CN(CC1CCCCO1)c1ccc(C#N)c(N)c1. The molecule has 96 valence electrons. The summed E-state index contributed by atoms with van der Waals surface area (Å²) in [6.07, 6.45) is 3.84. The van der Waals surface area contributed by atoms with E-state index in [2.05, 4.69) is 11.0 Å². The summed E-state index contributed by atoms with van der Waals surface area (Å²) < 4.78 is 5.72. The molecule has 4 heteroatoms. The van der Waals surface area contributed by atoms with E-state index < -0.39 is 0 Å². The van der Waals surface area contributed by atoms with Gasteiger partial charge >= 0.3 is 0 Å². The third kappa shape index (κ3) is 2.93. The number of hydrogen-bond donors (Lipinski definition) is 1. The van der Waals surface area contributed by atoms with E-state index in [1.165, 1.54) is 12.8 Å². The molecule has 0 aliphatic carbocycles. The molecule has 0 spiro atoms. The third-order valence-electron chi connectivity index (χ3n) is 3.35. The van der Waals surface area contributed by atoms with E-state index >= 15 is 0 Å². The number of nitrogens with zero attached hydrogens (tertiary/aromatic N) is 2. The summed E-state index contributed by atoms with van der Waals surface area (Å²) in [5, 5.41) is 8.85. The van der Waals surface area contributed by atoms with Crippen LogP contribution in [0.25, 0.3) is 0 Å². The van der Waals surface area contributed by atoms with E-state index in [0.717, 1.165) is 25.3 Å². The van der Waals surface area contributed by atoms with Gasteiger partial charge in [-0.1, -0.05) is 0 Å². The van der Waals surface area contributed by atoms with Gasteiger partial charge in [-0.2, -0.15) is 5.26 Å². The number of nitrogens with two attached hydrogens (primary N) is 1. The molecule has 1 unspecified atom stereocenters. The van der Waals surface area contributed by atoms with Gasteiger partial charge in [-0.15, -0.1) is 0 Å². The van der Waals surface area contributed by atoms with Crippen LogP contribution in [0, 0.1) is 11.3 Å². The second-order valence-corrected chi connectivity index (χ2v) is 4.75. The van der Waals surface area contributed by atoms with Crippen LogP contribution >= 0.6 is 0 Å². The van der Waals surface area contributed by atoms with Crippen LogP contribution in [0.2, 0.25) is 0 Å². The molecule has 1 saturated heterocycles. The molecule has 2 N–H and O–H groups in total. The number of anilines is 2. The average Bonchev–Trinajstić information content (AvgIpc) is 2.39. The minimum absolute atomic E-state index is 0.306. The van der Waals surface area contributed by atoms with Crippen molar-refractivity contribution in [3.63, 3.8) is 0 Å². The number of likely N-dealkylation sites (N-methyl/N-ethyl adjacent to an activating group) is 1. The molecule has 1 aromatic rings. The number of nitriles is 1. The molecule has 0 saturated carbocycles. The molecular weight excluding hydrogens is 226 g/mol. The zero-order valence-corrected chi connectivity index (χ0v) is 10.7. The van der Waals surface area contributed by atoms with Crippen molar-refractivity contribution in [1.29, 1.82) is 5.26 Å². The zero-order valence-electron chi connectivity index (χ0n) is 10.7. The molecule has 0 amide bonds. The average molecular weight is 245 g/mol. The first-order valence-corrected chi connectivity index (χ1v) is 6.33. The van der Waals surface area contributed by atoms with E-state index in [9.17, 15) is 0 Å². The summed E-state index contributed by atoms with van der Waals surface area (Å²) >= 11 is 0. The molecule has 1 aliphatic rings. The minimum Gasteiger partial charge on any atom is -0.398 e. The lowest BCUT2D eigenvalue weighted by atomic mass is 10.1. The van der Waals surface area contributed by atoms with Gasteiger partial charge in [0, 0.05) is 25.9 Å².